The normalized spacial score (nSPS) is 14.6. The van der Waals surface area contributed by atoms with Crippen molar-refractivity contribution in [2.75, 3.05) is 18.5 Å². The Morgan fingerprint density at radius 2 is 2.36 bits per heavy atom. The number of benzene rings is 1. The van der Waals surface area contributed by atoms with Crippen LogP contribution >= 0.6 is 15.9 Å². The van der Waals surface area contributed by atoms with Crippen molar-refractivity contribution in [3.8, 4) is 5.75 Å². The van der Waals surface area contributed by atoms with E-state index >= 15 is 0 Å². The maximum atomic E-state index is 5.41. The molecule has 11 heavy (non-hydrogen) atoms. The fourth-order valence-corrected chi connectivity index (χ4v) is 1.45. The Kier molecular flexibility index (Phi) is 1.74. The fraction of sp³-hybridized carbons (Fsp3) is 0.250. The molecule has 0 unspecified atom stereocenters. The van der Waals surface area contributed by atoms with Crippen LogP contribution < -0.4 is 10.1 Å². The van der Waals surface area contributed by atoms with Gasteiger partial charge in [-0.3, -0.25) is 0 Å². The lowest BCUT2D eigenvalue weighted by Crippen LogP contribution is -2.17. The number of nitrogens with one attached hydrogen (secondary N) is 1. The lowest BCUT2D eigenvalue weighted by atomic mass is 10.2. The van der Waals surface area contributed by atoms with Gasteiger partial charge < -0.3 is 10.1 Å². The molecule has 58 valence electrons. The zero-order chi connectivity index (χ0) is 7.68. The van der Waals surface area contributed by atoms with E-state index in [1.165, 1.54) is 0 Å². The molecule has 0 atom stereocenters. The van der Waals surface area contributed by atoms with Gasteiger partial charge in [-0.15, -0.1) is 0 Å². The minimum absolute atomic E-state index is 0.753. The molecule has 1 heterocycles. The zero-order valence-electron chi connectivity index (χ0n) is 5.93. The van der Waals surface area contributed by atoms with Gasteiger partial charge in [-0.25, -0.2) is 0 Å². The Hall–Kier alpha value is -0.700. The lowest BCUT2D eigenvalue weighted by Gasteiger charge is -2.18. The van der Waals surface area contributed by atoms with Gasteiger partial charge in [0.05, 0.1) is 5.69 Å². The average molecular weight is 214 g/mol. The first kappa shape index (κ1) is 6.98. The first-order valence-electron chi connectivity index (χ1n) is 3.52. The Morgan fingerprint density at radius 3 is 3.27 bits per heavy atom. The number of hydrogen-bond donors (Lipinski definition) is 1. The highest BCUT2D eigenvalue weighted by molar-refractivity contribution is 9.10. The maximum absolute atomic E-state index is 5.41. The van der Waals surface area contributed by atoms with E-state index in [2.05, 4.69) is 21.2 Å². The van der Waals surface area contributed by atoms with E-state index < -0.39 is 0 Å². The van der Waals surface area contributed by atoms with E-state index in [4.69, 9.17) is 4.74 Å². The van der Waals surface area contributed by atoms with Gasteiger partial charge in [-0.2, -0.15) is 0 Å². The summed E-state index contributed by atoms with van der Waals surface area (Å²) in [5.74, 6) is 0.936. The summed E-state index contributed by atoms with van der Waals surface area (Å²) in [6, 6.07) is 5.99. The SMILES string of the molecule is Brc1ccc2c(c1)OCCN2. The van der Waals surface area contributed by atoms with Crippen molar-refractivity contribution in [2.45, 2.75) is 0 Å². The van der Waals surface area contributed by atoms with E-state index in [-0.39, 0.29) is 0 Å². The van der Waals surface area contributed by atoms with Gasteiger partial charge in [0.1, 0.15) is 12.4 Å². The first-order chi connectivity index (χ1) is 5.36. The Morgan fingerprint density at radius 1 is 1.45 bits per heavy atom. The Balaban J connectivity index is 2.43. The van der Waals surface area contributed by atoms with Gasteiger partial charge in [0.15, 0.2) is 0 Å². The number of rotatable bonds is 0. The van der Waals surface area contributed by atoms with Gasteiger partial charge >= 0.3 is 0 Å². The van der Waals surface area contributed by atoms with Gasteiger partial charge in [0.25, 0.3) is 0 Å². The van der Waals surface area contributed by atoms with Crippen LogP contribution in [0.15, 0.2) is 22.7 Å². The molecule has 0 amide bonds. The van der Waals surface area contributed by atoms with Crippen LogP contribution in [0.25, 0.3) is 0 Å². The summed E-state index contributed by atoms with van der Waals surface area (Å²) in [6.45, 7) is 1.65. The minimum atomic E-state index is 0.753. The quantitative estimate of drug-likeness (QED) is 0.715. The van der Waals surface area contributed by atoms with Gasteiger partial charge in [0.2, 0.25) is 0 Å². The molecule has 0 radical (unpaired) electrons. The molecule has 1 aliphatic heterocycles. The summed E-state index contributed by atoms with van der Waals surface area (Å²) in [5.41, 5.74) is 1.08. The fourth-order valence-electron chi connectivity index (χ4n) is 1.11. The molecule has 0 spiro atoms. The smallest absolute Gasteiger partial charge is 0.143 e. The molecular weight excluding hydrogens is 206 g/mol. The number of hydrogen-bond acceptors (Lipinski definition) is 2. The highest BCUT2D eigenvalue weighted by Gasteiger charge is 2.07. The minimum Gasteiger partial charge on any atom is -0.490 e. The van der Waals surface area contributed by atoms with Crippen molar-refractivity contribution in [1.29, 1.82) is 0 Å². The Labute approximate surface area is 73.7 Å². The van der Waals surface area contributed by atoms with Gasteiger partial charge in [0, 0.05) is 11.0 Å². The van der Waals surface area contributed by atoms with Crippen LogP contribution in [-0.4, -0.2) is 13.2 Å². The van der Waals surface area contributed by atoms with Gasteiger partial charge in [-0.1, -0.05) is 15.9 Å². The largest absolute Gasteiger partial charge is 0.490 e. The summed E-state index contributed by atoms with van der Waals surface area (Å²) >= 11 is 3.38. The predicted octanol–water partition coefficient (Wildman–Crippen LogP) is 2.25. The molecule has 0 saturated carbocycles. The molecule has 2 nitrogen and oxygen atoms in total. The molecular formula is C8H8BrNO. The zero-order valence-corrected chi connectivity index (χ0v) is 7.52. The van der Waals surface area contributed by atoms with Crippen molar-refractivity contribution in [3.63, 3.8) is 0 Å². The number of halogens is 1. The highest BCUT2D eigenvalue weighted by atomic mass is 79.9. The predicted molar refractivity (Wildman–Crippen MR) is 48.1 cm³/mol. The third kappa shape index (κ3) is 1.33. The molecule has 1 aromatic rings. The second-order valence-corrected chi connectivity index (χ2v) is 3.33. The summed E-state index contributed by atoms with van der Waals surface area (Å²) in [4.78, 5) is 0. The second-order valence-electron chi connectivity index (χ2n) is 2.42. The van der Waals surface area contributed by atoms with Crippen molar-refractivity contribution >= 4 is 21.6 Å². The molecule has 1 N–H and O–H groups in total. The van der Waals surface area contributed by atoms with Crippen LogP contribution in [0, 0.1) is 0 Å². The summed E-state index contributed by atoms with van der Waals surface area (Å²) in [6.07, 6.45) is 0. The third-order valence-electron chi connectivity index (χ3n) is 1.62. The summed E-state index contributed by atoms with van der Waals surface area (Å²) in [7, 11) is 0. The van der Waals surface area contributed by atoms with E-state index in [1.54, 1.807) is 0 Å². The highest BCUT2D eigenvalue weighted by Crippen LogP contribution is 2.29. The van der Waals surface area contributed by atoms with Crippen LogP contribution in [0.4, 0.5) is 5.69 Å². The van der Waals surface area contributed by atoms with Crippen LogP contribution in [-0.2, 0) is 0 Å². The van der Waals surface area contributed by atoms with Crippen molar-refractivity contribution < 1.29 is 4.74 Å². The van der Waals surface area contributed by atoms with E-state index in [1.807, 2.05) is 18.2 Å². The summed E-state index contributed by atoms with van der Waals surface area (Å²) < 4.78 is 6.47. The topological polar surface area (TPSA) is 21.3 Å². The maximum Gasteiger partial charge on any atom is 0.143 e. The molecule has 0 aliphatic carbocycles. The van der Waals surface area contributed by atoms with Crippen LogP contribution in [0.3, 0.4) is 0 Å². The molecule has 2 rings (SSSR count). The first-order valence-corrected chi connectivity index (χ1v) is 4.32. The van der Waals surface area contributed by atoms with Gasteiger partial charge in [-0.05, 0) is 18.2 Å². The molecule has 3 heteroatoms. The standard InChI is InChI=1S/C8H8BrNO/c9-6-1-2-7-8(5-6)11-4-3-10-7/h1-2,5,10H,3-4H2. The number of anilines is 1. The Bertz CT molecular complexity index is 275. The van der Waals surface area contributed by atoms with Crippen molar-refractivity contribution in [1.82, 2.24) is 0 Å². The molecule has 1 aromatic carbocycles. The monoisotopic (exact) mass is 213 g/mol. The molecule has 0 fully saturated rings. The van der Waals surface area contributed by atoms with Crippen molar-refractivity contribution in [3.05, 3.63) is 22.7 Å². The van der Waals surface area contributed by atoms with Crippen LogP contribution in [0.2, 0.25) is 0 Å². The number of fused-ring (bicyclic) bond motifs is 1. The van der Waals surface area contributed by atoms with E-state index in [9.17, 15) is 0 Å². The molecule has 0 saturated heterocycles. The molecule has 1 aliphatic rings. The second kappa shape index (κ2) is 2.74. The number of ether oxygens (including phenoxy) is 1. The average Bonchev–Trinajstić information content (AvgIpc) is 2.04. The summed E-state index contributed by atoms with van der Waals surface area (Å²) in [5, 5.41) is 3.24. The third-order valence-corrected chi connectivity index (χ3v) is 2.11. The van der Waals surface area contributed by atoms with E-state index in [0.717, 1.165) is 29.1 Å². The van der Waals surface area contributed by atoms with Crippen LogP contribution in [0.1, 0.15) is 0 Å². The van der Waals surface area contributed by atoms with Crippen molar-refractivity contribution in [2.24, 2.45) is 0 Å². The molecule has 0 bridgehead atoms. The lowest BCUT2D eigenvalue weighted by molar-refractivity contribution is 0.323. The van der Waals surface area contributed by atoms with E-state index in [0.29, 0.717) is 0 Å². The van der Waals surface area contributed by atoms with Crippen LogP contribution in [0.5, 0.6) is 5.75 Å². The molecule has 0 aromatic heterocycles.